The Labute approximate surface area is 129 Å². The summed E-state index contributed by atoms with van der Waals surface area (Å²) in [4.78, 5) is 12.1. The summed E-state index contributed by atoms with van der Waals surface area (Å²) in [5.74, 6) is 0.529. The summed E-state index contributed by atoms with van der Waals surface area (Å²) in [6.45, 7) is 0. The van der Waals surface area contributed by atoms with E-state index in [-0.39, 0.29) is 12.2 Å². The third kappa shape index (κ3) is 2.65. The molecule has 0 spiro atoms. The van der Waals surface area contributed by atoms with Crippen LogP contribution in [-0.2, 0) is 0 Å². The van der Waals surface area contributed by atoms with E-state index in [4.69, 9.17) is 9.47 Å². The molecule has 0 N–H and O–H groups in total. The third-order valence-electron chi connectivity index (χ3n) is 3.43. The van der Waals surface area contributed by atoms with E-state index in [0.717, 1.165) is 10.0 Å². The van der Waals surface area contributed by atoms with Crippen molar-refractivity contribution in [2.45, 2.75) is 12.5 Å². The third-order valence-corrected chi connectivity index (χ3v) is 4.05. The summed E-state index contributed by atoms with van der Waals surface area (Å²) in [5, 5.41) is 0. The van der Waals surface area contributed by atoms with Gasteiger partial charge in [0.05, 0.1) is 23.6 Å². The first-order chi connectivity index (χ1) is 10.1. The quantitative estimate of drug-likeness (QED) is 0.809. The van der Waals surface area contributed by atoms with Gasteiger partial charge in [0.15, 0.2) is 5.78 Å². The van der Waals surface area contributed by atoms with Gasteiger partial charge in [-0.3, -0.25) is 4.79 Å². The van der Waals surface area contributed by atoms with Crippen LogP contribution in [0.1, 0.15) is 28.4 Å². The van der Waals surface area contributed by atoms with Crippen LogP contribution in [0.25, 0.3) is 0 Å². The molecule has 0 fully saturated rings. The van der Waals surface area contributed by atoms with Gasteiger partial charge in [0, 0.05) is 6.07 Å². The number of fused-ring (bicyclic) bond motifs is 1. The van der Waals surface area contributed by atoms with Crippen LogP contribution in [0.2, 0.25) is 0 Å². The van der Waals surface area contributed by atoms with Crippen molar-refractivity contribution < 1.29 is 18.7 Å². The molecule has 2 aromatic rings. The summed E-state index contributed by atoms with van der Waals surface area (Å²) < 4.78 is 25.0. The number of ether oxygens (including phenoxy) is 2. The Morgan fingerprint density at radius 3 is 2.81 bits per heavy atom. The van der Waals surface area contributed by atoms with Gasteiger partial charge >= 0.3 is 0 Å². The van der Waals surface area contributed by atoms with Crippen molar-refractivity contribution in [1.29, 1.82) is 0 Å². The maximum absolute atomic E-state index is 13.3. The molecule has 1 aliphatic heterocycles. The average molecular weight is 351 g/mol. The Morgan fingerprint density at radius 2 is 2.10 bits per heavy atom. The predicted molar refractivity (Wildman–Crippen MR) is 79.4 cm³/mol. The number of methoxy groups -OCH3 is 1. The van der Waals surface area contributed by atoms with Gasteiger partial charge in [-0.2, -0.15) is 0 Å². The second-order valence-electron chi connectivity index (χ2n) is 4.77. The molecule has 0 saturated heterocycles. The van der Waals surface area contributed by atoms with Crippen LogP contribution >= 0.6 is 15.9 Å². The zero-order chi connectivity index (χ0) is 15.0. The summed E-state index contributed by atoms with van der Waals surface area (Å²) in [5.41, 5.74) is 1.27. The smallest absolute Gasteiger partial charge is 0.170 e. The summed E-state index contributed by atoms with van der Waals surface area (Å²) in [6, 6.07) is 9.47. The van der Waals surface area contributed by atoms with E-state index in [1.165, 1.54) is 18.2 Å². The molecule has 3 rings (SSSR count). The first-order valence-electron chi connectivity index (χ1n) is 6.41. The van der Waals surface area contributed by atoms with E-state index in [1.807, 2.05) is 12.1 Å². The Hall–Kier alpha value is -1.88. The average Bonchev–Trinajstić information content (AvgIpc) is 2.46. The van der Waals surface area contributed by atoms with Crippen LogP contribution in [0.5, 0.6) is 11.5 Å². The first kappa shape index (κ1) is 14.1. The van der Waals surface area contributed by atoms with Crippen molar-refractivity contribution >= 4 is 21.7 Å². The van der Waals surface area contributed by atoms with Crippen LogP contribution < -0.4 is 9.47 Å². The van der Waals surface area contributed by atoms with Crippen molar-refractivity contribution in [2.24, 2.45) is 0 Å². The second kappa shape index (κ2) is 5.48. The molecular weight excluding hydrogens is 339 g/mol. The summed E-state index contributed by atoms with van der Waals surface area (Å²) >= 11 is 3.41. The number of rotatable bonds is 2. The molecule has 0 aromatic heterocycles. The van der Waals surface area contributed by atoms with Crippen LogP contribution in [0.4, 0.5) is 4.39 Å². The van der Waals surface area contributed by atoms with Crippen molar-refractivity contribution in [1.82, 2.24) is 0 Å². The van der Waals surface area contributed by atoms with Crippen LogP contribution in [0.3, 0.4) is 0 Å². The minimum Gasteiger partial charge on any atom is -0.496 e. The number of carbonyl (C=O) groups excluding carboxylic acids is 1. The Morgan fingerprint density at radius 1 is 1.29 bits per heavy atom. The summed E-state index contributed by atoms with van der Waals surface area (Å²) in [7, 11) is 1.58. The van der Waals surface area contributed by atoms with Crippen LogP contribution in [0.15, 0.2) is 40.9 Å². The van der Waals surface area contributed by atoms with Gasteiger partial charge in [0.2, 0.25) is 0 Å². The van der Waals surface area contributed by atoms with E-state index in [9.17, 15) is 9.18 Å². The SMILES string of the molecule is COc1ccc(C2CC(=O)c3ccc(F)cc3O2)cc1Br. The molecule has 0 bridgehead atoms. The molecule has 5 heteroatoms. The van der Waals surface area contributed by atoms with Gasteiger partial charge in [-0.25, -0.2) is 4.39 Å². The van der Waals surface area contributed by atoms with Crippen molar-refractivity contribution in [2.75, 3.05) is 7.11 Å². The number of halogens is 2. The largest absolute Gasteiger partial charge is 0.496 e. The second-order valence-corrected chi connectivity index (χ2v) is 5.62. The van der Waals surface area contributed by atoms with Crippen molar-refractivity contribution in [3.05, 3.63) is 57.8 Å². The van der Waals surface area contributed by atoms with Crippen molar-refractivity contribution in [3.8, 4) is 11.5 Å². The number of hydrogen-bond acceptors (Lipinski definition) is 3. The van der Waals surface area contributed by atoms with Crippen LogP contribution in [0, 0.1) is 5.82 Å². The lowest BCUT2D eigenvalue weighted by Gasteiger charge is -2.25. The molecule has 3 nitrogen and oxygen atoms in total. The van der Waals surface area contributed by atoms with E-state index < -0.39 is 11.9 Å². The molecule has 1 atom stereocenters. The molecule has 0 saturated carbocycles. The molecule has 0 amide bonds. The summed E-state index contributed by atoms with van der Waals surface area (Å²) in [6.07, 6.45) is -0.189. The molecule has 1 unspecified atom stereocenters. The zero-order valence-electron chi connectivity index (χ0n) is 11.2. The Bertz CT molecular complexity index is 715. The predicted octanol–water partition coefficient (Wildman–Crippen LogP) is 4.30. The topological polar surface area (TPSA) is 35.5 Å². The highest BCUT2D eigenvalue weighted by Gasteiger charge is 2.28. The minimum atomic E-state index is -0.422. The lowest BCUT2D eigenvalue weighted by Crippen LogP contribution is -2.20. The fourth-order valence-corrected chi connectivity index (χ4v) is 2.92. The van der Waals surface area contributed by atoms with Gasteiger partial charge in [0.25, 0.3) is 0 Å². The molecule has 0 radical (unpaired) electrons. The molecule has 108 valence electrons. The molecule has 1 heterocycles. The molecule has 0 aliphatic carbocycles. The fraction of sp³-hybridized carbons (Fsp3) is 0.188. The monoisotopic (exact) mass is 350 g/mol. The standard InChI is InChI=1S/C16H12BrFO3/c1-20-14-5-2-9(6-12(14)17)15-8-13(19)11-4-3-10(18)7-16(11)21-15/h2-7,15H,8H2,1H3. The Balaban J connectivity index is 1.95. The maximum Gasteiger partial charge on any atom is 0.170 e. The van der Waals surface area contributed by atoms with Crippen LogP contribution in [-0.4, -0.2) is 12.9 Å². The van der Waals surface area contributed by atoms with E-state index >= 15 is 0 Å². The number of ketones is 1. The molecule has 21 heavy (non-hydrogen) atoms. The van der Waals surface area contributed by atoms with Gasteiger partial charge in [0.1, 0.15) is 23.4 Å². The molecular formula is C16H12BrFO3. The Kier molecular flexibility index (Phi) is 3.68. The van der Waals surface area contributed by atoms with Gasteiger partial charge in [-0.15, -0.1) is 0 Å². The number of Topliss-reactive ketones (excluding diaryl/α,β-unsaturated/α-hetero) is 1. The van der Waals surface area contributed by atoms with Gasteiger partial charge in [-0.05, 0) is 45.8 Å². The highest BCUT2D eigenvalue weighted by Crippen LogP contribution is 2.37. The fourth-order valence-electron chi connectivity index (χ4n) is 2.37. The molecule has 2 aromatic carbocycles. The highest BCUT2D eigenvalue weighted by atomic mass is 79.9. The maximum atomic E-state index is 13.3. The van der Waals surface area contributed by atoms with Gasteiger partial charge < -0.3 is 9.47 Å². The number of hydrogen-bond donors (Lipinski definition) is 0. The van der Waals surface area contributed by atoms with E-state index in [1.54, 1.807) is 13.2 Å². The normalized spacial score (nSPS) is 17.1. The van der Waals surface area contributed by atoms with Crippen molar-refractivity contribution in [3.63, 3.8) is 0 Å². The molecule has 1 aliphatic rings. The zero-order valence-corrected chi connectivity index (χ0v) is 12.8. The number of carbonyl (C=O) groups is 1. The number of benzene rings is 2. The first-order valence-corrected chi connectivity index (χ1v) is 7.20. The van der Waals surface area contributed by atoms with Gasteiger partial charge in [-0.1, -0.05) is 6.07 Å². The highest BCUT2D eigenvalue weighted by molar-refractivity contribution is 9.10. The minimum absolute atomic E-state index is 0.0480. The lowest BCUT2D eigenvalue weighted by atomic mass is 9.96. The van der Waals surface area contributed by atoms with E-state index in [0.29, 0.717) is 17.1 Å². The lowest BCUT2D eigenvalue weighted by molar-refractivity contribution is 0.0849. The van der Waals surface area contributed by atoms with E-state index in [2.05, 4.69) is 15.9 Å².